The molecule has 2 aromatic carbocycles. The van der Waals surface area contributed by atoms with Gasteiger partial charge in [0.2, 0.25) is 0 Å². The minimum Gasteiger partial charge on any atom is -0.467 e. The molecule has 0 saturated heterocycles. The number of carbonyl (C=O) groups is 3. The Morgan fingerprint density at radius 3 is 2.09 bits per heavy atom. The van der Waals surface area contributed by atoms with Gasteiger partial charge >= 0.3 is 5.97 Å². The third-order valence-electron chi connectivity index (χ3n) is 3.70. The standard InChI is InChI=1S/C18H15NO4/c1-23-18(22)15(11-12-7-3-2-4-8-12)19-16(20)13-9-5-6-10-14(13)17(19)21/h2-10,15H,11H2,1H3/t15-/m1/s1/i11D/t11-,15-. The molecule has 1 aliphatic heterocycles. The van der Waals surface area contributed by atoms with Crippen molar-refractivity contribution in [1.82, 2.24) is 4.90 Å². The summed E-state index contributed by atoms with van der Waals surface area (Å²) in [7, 11) is 1.17. The lowest BCUT2D eigenvalue weighted by atomic mass is 10.0. The van der Waals surface area contributed by atoms with Crippen molar-refractivity contribution in [3.8, 4) is 0 Å². The first kappa shape index (κ1) is 13.7. The van der Waals surface area contributed by atoms with Gasteiger partial charge in [-0.2, -0.15) is 0 Å². The fourth-order valence-corrected chi connectivity index (χ4v) is 2.58. The van der Waals surface area contributed by atoms with Crippen LogP contribution in [0.2, 0.25) is 0 Å². The van der Waals surface area contributed by atoms with Gasteiger partial charge in [-0.15, -0.1) is 0 Å². The first-order valence-corrected chi connectivity index (χ1v) is 7.08. The molecule has 0 aliphatic carbocycles. The van der Waals surface area contributed by atoms with E-state index in [0.29, 0.717) is 5.56 Å². The molecule has 2 aromatic rings. The molecule has 0 N–H and O–H groups in total. The summed E-state index contributed by atoms with van der Waals surface area (Å²) in [5.74, 6) is -1.97. The smallest absolute Gasteiger partial charge is 0.329 e. The predicted octanol–water partition coefficient (Wildman–Crippen LogP) is 2.07. The highest BCUT2D eigenvalue weighted by molar-refractivity contribution is 6.22. The summed E-state index contributed by atoms with van der Waals surface area (Å²) in [5.41, 5.74) is 0.984. The van der Waals surface area contributed by atoms with Gasteiger partial charge in [0.1, 0.15) is 6.04 Å². The summed E-state index contributed by atoms with van der Waals surface area (Å²) in [6, 6.07) is 13.6. The monoisotopic (exact) mass is 310 g/mol. The van der Waals surface area contributed by atoms with Gasteiger partial charge in [0.25, 0.3) is 11.8 Å². The largest absolute Gasteiger partial charge is 0.467 e. The SMILES string of the molecule is [2H][C@H](c1ccccc1)[C@H](C(=O)OC)N1C(=O)c2ccccc2C1=O. The molecular formula is C18H15NO4. The molecule has 0 saturated carbocycles. The van der Waals surface area contributed by atoms with Gasteiger partial charge in [-0.1, -0.05) is 42.5 Å². The van der Waals surface area contributed by atoms with E-state index in [4.69, 9.17) is 6.11 Å². The summed E-state index contributed by atoms with van der Waals surface area (Å²) in [4.78, 5) is 38.3. The molecule has 0 bridgehead atoms. The zero-order valence-corrected chi connectivity index (χ0v) is 12.4. The number of fused-ring (bicyclic) bond motifs is 1. The normalized spacial score (nSPS) is 16.6. The minimum absolute atomic E-state index is 0.233. The van der Waals surface area contributed by atoms with Crippen LogP contribution in [-0.4, -0.2) is 35.8 Å². The van der Waals surface area contributed by atoms with Gasteiger partial charge in [-0.05, 0) is 17.7 Å². The molecule has 116 valence electrons. The van der Waals surface area contributed by atoms with E-state index in [9.17, 15) is 14.4 Å². The fourth-order valence-electron chi connectivity index (χ4n) is 2.58. The number of hydrogen-bond donors (Lipinski definition) is 0. The average Bonchev–Trinajstić information content (AvgIpc) is 2.88. The molecule has 3 rings (SSSR count). The van der Waals surface area contributed by atoms with Crippen LogP contribution in [0.3, 0.4) is 0 Å². The van der Waals surface area contributed by atoms with Crippen LogP contribution in [0.15, 0.2) is 54.6 Å². The Bertz CT molecular complexity index is 771. The molecular weight excluding hydrogens is 294 g/mol. The number of imide groups is 1. The first-order valence-electron chi connectivity index (χ1n) is 7.66. The van der Waals surface area contributed by atoms with Crippen molar-refractivity contribution in [2.24, 2.45) is 0 Å². The van der Waals surface area contributed by atoms with Crippen molar-refractivity contribution in [1.29, 1.82) is 0 Å². The third-order valence-corrected chi connectivity index (χ3v) is 3.70. The van der Waals surface area contributed by atoms with E-state index in [0.717, 1.165) is 4.90 Å². The van der Waals surface area contributed by atoms with Crippen LogP contribution >= 0.6 is 0 Å². The van der Waals surface area contributed by atoms with Gasteiger partial charge in [0, 0.05) is 7.77 Å². The Hall–Kier alpha value is -2.95. The number of methoxy groups -OCH3 is 1. The number of rotatable bonds is 4. The van der Waals surface area contributed by atoms with Crippen LogP contribution in [0.25, 0.3) is 0 Å². The lowest BCUT2D eigenvalue weighted by Gasteiger charge is -2.24. The fraction of sp³-hybridized carbons (Fsp3) is 0.167. The molecule has 0 spiro atoms. The molecule has 0 aromatic heterocycles. The van der Waals surface area contributed by atoms with Crippen molar-refractivity contribution < 1.29 is 20.5 Å². The molecule has 2 atom stereocenters. The van der Waals surface area contributed by atoms with Crippen molar-refractivity contribution in [3.05, 3.63) is 71.3 Å². The molecule has 1 heterocycles. The summed E-state index contributed by atoms with van der Waals surface area (Å²) < 4.78 is 13.2. The van der Waals surface area contributed by atoms with Crippen LogP contribution in [0.1, 0.15) is 27.7 Å². The Balaban J connectivity index is 2.04. The number of benzene rings is 2. The number of esters is 1. The van der Waals surface area contributed by atoms with Crippen LogP contribution in [-0.2, 0) is 15.9 Å². The van der Waals surface area contributed by atoms with E-state index in [1.165, 1.54) is 19.2 Å². The van der Waals surface area contributed by atoms with Gasteiger partial charge in [0.15, 0.2) is 0 Å². The van der Waals surface area contributed by atoms with Crippen LogP contribution in [0.5, 0.6) is 0 Å². The van der Waals surface area contributed by atoms with Gasteiger partial charge in [0.05, 0.1) is 18.2 Å². The zero-order valence-electron chi connectivity index (χ0n) is 13.4. The summed E-state index contributed by atoms with van der Waals surface area (Å²) in [6.07, 6.45) is -1.14. The molecule has 0 fully saturated rings. The lowest BCUT2D eigenvalue weighted by Crippen LogP contribution is -2.46. The molecule has 0 unspecified atom stereocenters. The molecule has 5 nitrogen and oxygen atoms in total. The second-order valence-electron chi connectivity index (χ2n) is 5.07. The third kappa shape index (κ3) is 2.61. The van der Waals surface area contributed by atoms with E-state index >= 15 is 0 Å². The quantitative estimate of drug-likeness (QED) is 0.640. The number of ether oxygens (including phenoxy) is 1. The number of carbonyl (C=O) groups excluding carboxylic acids is 3. The highest BCUT2D eigenvalue weighted by atomic mass is 16.5. The van der Waals surface area contributed by atoms with Crippen molar-refractivity contribution >= 4 is 17.8 Å². The number of nitrogens with zero attached hydrogens (tertiary/aromatic N) is 1. The summed E-state index contributed by atoms with van der Waals surface area (Å²) in [5, 5.41) is 0. The summed E-state index contributed by atoms with van der Waals surface area (Å²) >= 11 is 0. The van der Waals surface area contributed by atoms with E-state index in [2.05, 4.69) is 0 Å². The van der Waals surface area contributed by atoms with Crippen LogP contribution in [0, 0.1) is 0 Å². The molecule has 1 aliphatic rings. The zero-order chi connectivity index (χ0) is 17.3. The minimum atomic E-state index is -1.34. The molecule has 23 heavy (non-hydrogen) atoms. The maximum atomic E-state index is 12.6. The number of hydrogen-bond acceptors (Lipinski definition) is 4. The van der Waals surface area contributed by atoms with E-state index in [-0.39, 0.29) is 11.1 Å². The van der Waals surface area contributed by atoms with E-state index in [1.54, 1.807) is 42.5 Å². The topological polar surface area (TPSA) is 63.7 Å². The molecule has 2 amide bonds. The van der Waals surface area contributed by atoms with E-state index in [1.807, 2.05) is 0 Å². The number of amides is 2. The Morgan fingerprint density at radius 1 is 1.04 bits per heavy atom. The van der Waals surface area contributed by atoms with Crippen LogP contribution in [0.4, 0.5) is 0 Å². The van der Waals surface area contributed by atoms with Crippen LogP contribution < -0.4 is 0 Å². The Kier molecular flexibility index (Phi) is 3.60. The molecule has 5 heteroatoms. The van der Waals surface area contributed by atoms with Gasteiger partial charge in [-0.3, -0.25) is 14.5 Å². The van der Waals surface area contributed by atoms with Crippen molar-refractivity contribution in [3.63, 3.8) is 0 Å². The Labute approximate surface area is 134 Å². The van der Waals surface area contributed by atoms with Gasteiger partial charge in [-0.25, -0.2) is 4.79 Å². The maximum absolute atomic E-state index is 12.6. The summed E-state index contributed by atoms with van der Waals surface area (Å²) in [6.45, 7) is 0. The molecule has 0 radical (unpaired) electrons. The Morgan fingerprint density at radius 2 is 1.57 bits per heavy atom. The second-order valence-corrected chi connectivity index (χ2v) is 5.07. The van der Waals surface area contributed by atoms with Crippen molar-refractivity contribution in [2.75, 3.05) is 7.11 Å². The predicted molar refractivity (Wildman–Crippen MR) is 82.9 cm³/mol. The lowest BCUT2D eigenvalue weighted by molar-refractivity contribution is -0.145. The highest BCUT2D eigenvalue weighted by Crippen LogP contribution is 2.26. The highest BCUT2D eigenvalue weighted by Gasteiger charge is 2.43. The van der Waals surface area contributed by atoms with E-state index < -0.39 is 30.2 Å². The first-order chi connectivity index (χ1) is 11.6. The average molecular weight is 310 g/mol. The van der Waals surface area contributed by atoms with Gasteiger partial charge < -0.3 is 4.74 Å². The van der Waals surface area contributed by atoms with Crippen molar-refractivity contribution in [2.45, 2.75) is 12.4 Å². The second kappa shape index (κ2) is 6.04. The maximum Gasteiger partial charge on any atom is 0.329 e.